The Balaban J connectivity index is 1.62. The van der Waals surface area contributed by atoms with Gasteiger partial charge in [-0.1, -0.05) is 0 Å². The van der Waals surface area contributed by atoms with Crippen LogP contribution in [0.4, 0.5) is 0 Å². The van der Waals surface area contributed by atoms with Crippen molar-refractivity contribution in [2.75, 3.05) is 39.2 Å². The van der Waals surface area contributed by atoms with Crippen LogP contribution >= 0.6 is 11.8 Å². The highest BCUT2D eigenvalue weighted by Gasteiger charge is 2.24. The maximum Gasteiger partial charge on any atom is 0.191 e. The molecule has 6 heteroatoms. The third-order valence-electron chi connectivity index (χ3n) is 4.50. The monoisotopic (exact) mass is 343 g/mol. The molecule has 2 fully saturated rings. The van der Waals surface area contributed by atoms with Crippen LogP contribution in [0.15, 0.2) is 4.99 Å². The fraction of sp³-hybridized carbons (Fsp3) is 0.941. The average molecular weight is 344 g/mol. The Morgan fingerprint density at radius 2 is 2.09 bits per heavy atom. The largest absolute Gasteiger partial charge is 0.381 e. The summed E-state index contributed by atoms with van der Waals surface area (Å²) in [5.41, 5.74) is 0. The molecule has 0 amide bonds. The lowest BCUT2D eigenvalue weighted by molar-refractivity contribution is -0.0318. The van der Waals surface area contributed by atoms with Gasteiger partial charge < -0.3 is 20.1 Å². The standard InChI is InChI=1S/C17H33N3O2S/c1-3-18-17(20-14-5-6-16(13-14)23-2)19-9-4-10-22-15-7-11-21-12-8-15/h14-16H,3-13H2,1-2H3,(H2,18,19,20). The van der Waals surface area contributed by atoms with Crippen molar-refractivity contribution in [2.45, 2.75) is 62.8 Å². The summed E-state index contributed by atoms with van der Waals surface area (Å²) in [4.78, 5) is 4.69. The van der Waals surface area contributed by atoms with Gasteiger partial charge in [-0.05, 0) is 51.7 Å². The van der Waals surface area contributed by atoms with Gasteiger partial charge in [-0.25, -0.2) is 0 Å². The third-order valence-corrected chi connectivity index (χ3v) is 5.59. The van der Waals surface area contributed by atoms with Crippen LogP contribution in [0.1, 0.15) is 45.4 Å². The first kappa shape index (κ1) is 18.9. The van der Waals surface area contributed by atoms with E-state index < -0.39 is 0 Å². The van der Waals surface area contributed by atoms with E-state index in [1.807, 2.05) is 11.8 Å². The normalized spacial score (nSPS) is 26.4. The summed E-state index contributed by atoms with van der Waals surface area (Å²) in [6.07, 6.45) is 9.47. The number of nitrogens with zero attached hydrogens (tertiary/aromatic N) is 1. The number of rotatable bonds is 8. The number of hydrogen-bond donors (Lipinski definition) is 2. The van der Waals surface area contributed by atoms with Crippen molar-refractivity contribution in [2.24, 2.45) is 4.99 Å². The van der Waals surface area contributed by atoms with E-state index in [0.29, 0.717) is 12.1 Å². The van der Waals surface area contributed by atoms with Gasteiger partial charge in [0.05, 0.1) is 6.10 Å². The molecule has 0 aromatic carbocycles. The molecule has 1 saturated carbocycles. The Bertz CT molecular complexity index is 349. The first-order valence-electron chi connectivity index (χ1n) is 9.08. The van der Waals surface area contributed by atoms with Crippen LogP contribution in [-0.4, -0.2) is 62.5 Å². The summed E-state index contributed by atoms with van der Waals surface area (Å²) in [5, 5.41) is 7.76. The van der Waals surface area contributed by atoms with Crippen molar-refractivity contribution < 1.29 is 9.47 Å². The lowest BCUT2D eigenvalue weighted by Crippen LogP contribution is -2.42. The highest BCUT2D eigenvalue weighted by Crippen LogP contribution is 2.27. The molecule has 2 unspecified atom stereocenters. The Kier molecular flexibility index (Phi) is 9.15. The number of ether oxygens (including phenoxy) is 2. The molecule has 23 heavy (non-hydrogen) atoms. The first-order chi connectivity index (χ1) is 11.3. The van der Waals surface area contributed by atoms with Crippen LogP contribution in [0.2, 0.25) is 0 Å². The summed E-state index contributed by atoms with van der Waals surface area (Å²) < 4.78 is 11.2. The van der Waals surface area contributed by atoms with Crippen LogP contribution in [0.25, 0.3) is 0 Å². The molecule has 2 rings (SSSR count). The molecule has 0 bridgehead atoms. The van der Waals surface area contributed by atoms with E-state index in [1.165, 1.54) is 19.3 Å². The molecular weight excluding hydrogens is 310 g/mol. The van der Waals surface area contributed by atoms with Gasteiger partial charge in [0, 0.05) is 44.2 Å². The van der Waals surface area contributed by atoms with E-state index in [0.717, 1.165) is 63.4 Å². The van der Waals surface area contributed by atoms with Crippen molar-refractivity contribution in [3.05, 3.63) is 0 Å². The molecule has 2 aliphatic rings. The molecule has 2 atom stereocenters. The van der Waals surface area contributed by atoms with Crippen molar-refractivity contribution in [1.82, 2.24) is 10.6 Å². The van der Waals surface area contributed by atoms with Crippen LogP contribution in [0, 0.1) is 0 Å². The molecule has 0 spiro atoms. The molecule has 1 saturated heterocycles. The van der Waals surface area contributed by atoms with Crippen LogP contribution < -0.4 is 10.6 Å². The molecule has 1 aliphatic heterocycles. The second-order valence-corrected chi connectivity index (χ2v) is 7.45. The van der Waals surface area contributed by atoms with Crippen molar-refractivity contribution in [3.63, 3.8) is 0 Å². The predicted octanol–water partition coefficient (Wildman–Crippen LogP) is 2.41. The molecule has 5 nitrogen and oxygen atoms in total. The molecule has 2 N–H and O–H groups in total. The van der Waals surface area contributed by atoms with E-state index in [9.17, 15) is 0 Å². The highest BCUT2D eigenvalue weighted by atomic mass is 32.2. The van der Waals surface area contributed by atoms with E-state index in [2.05, 4.69) is 23.8 Å². The first-order valence-corrected chi connectivity index (χ1v) is 10.4. The molecule has 0 aromatic heterocycles. The Morgan fingerprint density at radius 3 is 2.78 bits per heavy atom. The Hall–Kier alpha value is -0.460. The van der Waals surface area contributed by atoms with Gasteiger partial charge in [0.25, 0.3) is 0 Å². The number of aliphatic imine (C=N–C) groups is 1. The second kappa shape index (κ2) is 11.2. The summed E-state index contributed by atoms with van der Waals surface area (Å²) in [5.74, 6) is 0.963. The smallest absolute Gasteiger partial charge is 0.191 e. The SMILES string of the molecule is CCNC(=NCCCOC1CCOCC1)NC1CCC(SC)C1. The topological polar surface area (TPSA) is 54.9 Å². The Labute approximate surface area is 145 Å². The third kappa shape index (κ3) is 7.31. The molecule has 1 heterocycles. The number of guanidine groups is 1. The minimum atomic E-state index is 0.390. The van der Waals surface area contributed by atoms with Gasteiger partial charge in [-0.3, -0.25) is 4.99 Å². The van der Waals surface area contributed by atoms with Gasteiger partial charge >= 0.3 is 0 Å². The van der Waals surface area contributed by atoms with Gasteiger partial charge in [-0.15, -0.1) is 0 Å². The van der Waals surface area contributed by atoms with Crippen LogP contribution in [-0.2, 0) is 9.47 Å². The zero-order chi connectivity index (χ0) is 16.3. The number of nitrogens with one attached hydrogen (secondary N) is 2. The van der Waals surface area contributed by atoms with E-state index in [4.69, 9.17) is 14.5 Å². The summed E-state index contributed by atoms with van der Waals surface area (Å²) in [6.45, 7) is 6.32. The molecule has 134 valence electrons. The van der Waals surface area contributed by atoms with Crippen molar-refractivity contribution >= 4 is 17.7 Å². The lowest BCUT2D eigenvalue weighted by atomic mass is 10.1. The second-order valence-electron chi connectivity index (χ2n) is 6.31. The predicted molar refractivity (Wildman–Crippen MR) is 98.5 cm³/mol. The Morgan fingerprint density at radius 1 is 1.26 bits per heavy atom. The van der Waals surface area contributed by atoms with Crippen molar-refractivity contribution in [1.29, 1.82) is 0 Å². The average Bonchev–Trinajstić information content (AvgIpc) is 3.03. The van der Waals surface area contributed by atoms with Crippen LogP contribution in [0.5, 0.6) is 0 Å². The van der Waals surface area contributed by atoms with Crippen LogP contribution in [0.3, 0.4) is 0 Å². The minimum Gasteiger partial charge on any atom is -0.381 e. The van der Waals surface area contributed by atoms with Gasteiger partial charge in [0.15, 0.2) is 5.96 Å². The lowest BCUT2D eigenvalue weighted by Gasteiger charge is -2.22. The van der Waals surface area contributed by atoms with E-state index in [-0.39, 0.29) is 0 Å². The van der Waals surface area contributed by atoms with Crippen molar-refractivity contribution in [3.8, 4) is 0 Å². The fourth-order valence-corrected chi connectivity index (χ4v) is 3.94. The summed E-state index contributed by atoms with van der Waals surface area (Å²) >= 11 is 1.99. The molecule has 0 radical (unpaired) electrons. The molecular formula is C17H33N3O2S. The van der Waals surface area contributed by atoms with Gasteiger partial charge in [0.2, 0.25) is 0 Å². The van der Waals surface area contributed by atoms with E-state index in [1.54, 1.807) is 0 Å². The van der Waals surface area contributed by atoms with Gasteiger partial charge in [-0.2, -0.15) is 11.8 Å². The zero-order valence-electron chi connectivity index (χ0n) is 14.7. The summed E-state index contributed by atoms with van der Waals surface area (Å²) in [6, 6.07) is 0.573. The zero-order valence-corrected chi connectivity index (χ0v) is 15.5. The minimum absolute atomic E-state index is 0.390. The molecule has 0 aromatic rings. The maximum atomic E-state index is 5.89. The number of thioether (sulfide) groups is 1. The highest BCUT2D eigenvalue weighted by molar-refractivity contribution is 7.99. The van der Waals surface area contributed by atoms with E-state index >= 15 is 0 Å². The summed E-state index contributed by atoms with van der Waals surface area (Å²) in [7, 11) is 0. The van der Waals surface area contributed by atoms with Gasteiger partial charge in [0.1, 0.15) is 0 Å². The fourth-order valence-electron chi connectivity index (χ4n) is 3.15. The quantitative estimate of drug-likeness (QED) is 0.403. The molecule has 1 aliphatic carbocycles. The maximum absolute atomic E-state index is 5.89. The number of hydrogen-bond acceptors (Lipinski definition) is 4.